The highest BCUT2D eigenvalue weighted by Gasteiger charge is 2.38. The van der Waals surface area contributed by atoms with Crippen LogP contribution in [0.3, 0.4) is 0 Å². The fraction of sp³-hybridized carbons (Fsp3) is 0.667. The zero-order valence-corrected chi connectivity index (χ0v) is 10.7. The standard InChI is InChI=1S/C9H12F3N5OS/c10-9(11,12)7-14-15-8(17(7)13)19-5-6(18)16-3-1-2-4-16/h1-5,13H2. The summed E-state index contributed by atoms with van der Waals surface area (Å²) in [5.41, 5.74) is 0. The van der Waals surface area contributed by atoms with Gasteiger partial charge in [0.15, 0.2) is 0 Å². The largest absolute Gasteiger partial charge is 0.453 e. The molecule has 1 saturated heterocycles. The zero-order chi connectivity index (χ0) is 14.0. The molecule has 0 saturated carbocycles. The first-order valence-corrected chi connectivity index (χ1v) is 6.56. The maximum Gasteiger partial charge on any atom is 0.453 e. The molecule has 1 aromatic rings. The number of nitrogens with zero attached hydrogens (tertiary/aromatic N) is 4. The van der Waals surface area contributed by atoms with Crippen LogP contribution < -0.4 is 5.84 Å². The van der Waals surface area contributed by atoms with Gasteiger partial charge in [0.2, 0.25) is 11.1 Å². The van der Waals surface area contributed by atoms with Crippen molar-refractivity contribution in [3.05, 3.63) is 5.82 Å². The van der Waals surface area contributed by atoms with E-state index < -0.39 is 12.0 Å². The predicted octanol–water partition coefficient (Wildman–Crippen LogP) is 0.725. The van der Waals surface area contributed by atoms with Gasteiger partial charge < -0.3 is 10.7 Å². The fourth-order valence-corrected chi connectivity index (χ4v) is 2.51. The maximum atomic E-state index is 12.4. The molecule has 1 aliphatic rings. The van der Waals surface area contributed by atoms with E-state index >= 15 is 0 Å². The molecule has 1 aliphatic heterocycles. The summed E-state index contributed by atoms with van der Waals surface area (Å²) in [6.45, 7) is 1.39. The van der Waals surface area contributed by atoms with Crippen LogP contribution in [-0.4, -0.2) is 44.5 Å². The first kappa shape index (κ1) is 14.0. The average molecular weight is 295 g/mol. The van der Waals surface area contributed by atoms with Crippen LogP contribution in [0.4, 0.5) is 13.2 Å². The van der Waals surface area contributed by atoms with Gasteiger partial charge in [0.25, 0.3) is 5.82 Å². The number of likely N-dealkylation sites (tertiary alicyclic amines) is 1. The summed E-state index contributed by atoms with van der Waals surface area (Å²) in [7, 11) is 0. The molecule has 1 aromatic heterocycles. The summed E-state index contributed by atoms with van der Waals surface area (Å²) in [4.78, 5) is 13.4. The Labute approximate surface area is 111 Å². The van der Waals surface area contributed by atoms with Gasteiger partial charge in [-0.2, -0.15) is 13.2 Å². The lowest BCUT2D eigenvalue weighted by atomic mass is 10.4. The van der Waals surface area contributed by atoms with Gasteiger partial charge in [0.1, 0.15) is 0 Å². The molecular weight excluding hydrogens is 283 g/mol. The highest BCUT2D eigenvalue weighted by Crippen LogP contribution is 2.28. The van der Waals surface area contributed by atoms with E-state index in [0.29, 0.717) is 17.8 Å². The lowest BCUT2D eigenvalue weighted by Gasteiger charge is -2.14. The highest BCUT2D eigenvalue weighted by atomic mass is 32.2. The quantitative estimate of drug-likeness (QED) is 0.657. The number of aromatic nitrogens is 3. The number of nitrogen functional groups attached to an aromatic ring is 1. The molecule has 6 nitrogen and oxygen atoms in total. The number of amides is 1. The van der Waals surface area contributed by atoms with Crippen LogP contribution in [0.5, 0.6) is 0 Å². The molecule has 0 atom stereocenters. The van der Waals surface area contributed by atoms with Crippen LogP contribution in [0.15, 0.2) is 5.16 Å². The second-order valence-electron chi connectivity index (χ2n) is 4.05. The molecule has 2 rings (SSSR count). The van der Waals surface area contributed by atoms with Gasteiger partial charge in [0.05, 0.1) is 5.75 Å². The van der Waals surface area contributed by atoms with Crippen molar-refractivity contribution in [2.75, 3.05) is 24.7 Å². The molecule has 0 radical (unpaired) electrons. The van der Waals surface area contributed by atoms with Gasteiger partial charge in [0, 0.05) is 13.1 Å². The highest BCUT2D eigenvalue weighted by molar-refractivity contribution is 7.99. The number of halogens is 3. The van der Waals surface area contributed by atoms with Crippen molar-refractivity contribution in [2.24, 2.45) is 0 Å². The SMILES string of the molecule is Nn1c(SCC(=O)N2CCCC2)nnc1C(F)(F)F. The van der Waals surface area contributed by atoms with Crippen molar-refractivity contribution in [1.82, 2.24) is 19.8 Å². The number of alkyl halides is 3. The summed E-state index contributed by atoms with van der Waals surface area (Å²) >= 11 is 0.852. The Hall–Kier alpha value is -1.45. The normalized spacial score (nSPS) is 16.1. The minimum Gasteiger partial charge on any atom is -0.342 e. The molecule has 106 valence electrons. The topological polar surface area (TPSA) is 77.0 Å². The number of hydrogen-bond donors (Lipinski definition) is 1. The summed E-state index contributed by atoms with van der Waals surface area (Å²) in [5, 5.41) is 6.20. The van der Waals surface area contributed by atoms with E-state index in [1.54, 1.807) is 4.90 Å². The third-order valence-corrected chi connectivity index (χ3v) is 3.63. The Morgan fingerprint density at radius 1 is 1.32 bits per heavy atom. The molecule has 0 aliphatic carbocycles. The Kier molecular flexibility index (Phi) is 3.88. The summed E-state index contributed by atoms with van der Waals surface area (Å²) < 4.78 is 37.6. The minimum absolute atomic E-state index is 0.00713. The van der Waals surface area contributed by atoms with Gasteiger partial charge in [-0.25, -0.2) is 4.68 Å². The molecular formula is C9H12F3N5OS. The van der Waals surface area contributed by atoms with Crippen molar-refractivity contribution < 1.29 is 18.0 Å². The third kappa shape index (κ3) is 3.11. The van der Waals surface area contributed by atoms with Crippen LogP contribution in [0.25, 0.3) is 0 Å². The van der Waals surface area contributed by atoms with Crippen LogP contribution in [0.2, 0.25) is 0 Å². The summed E-state index contributed by atoms with van der Waals surface area (Å²) in [6, 6.07) is 0. The molecule has 1 fully saturated rings. The molecule has 1 amide bonds. The van der Waals surface area contributed by atoms with Crippen LogP contribution in [0, 0.1) is 0 Å². The Morgan fingerprint density at radius 2 is 1.95 bits per heavy atom. The first-order chi connectivity index (χ1) is 8.89. The molecule has 0 unspecified atom stereocenters. The predicted molar refractivity (Wildman–Crippen MR) is 61.7 cm³/mol. The van der Waals surface area contributed by atoms with Gasteiger partial charge in [-0.15, -0.1) is 10.2 Å². The monoisotopic (exact) mass is 295 g/mol. The molecule has 10 heteroatoms. The van der Waals surface area contributed by atoms with E-state index in [0.717, 1.165) is 24.6 Å². The van der Waals surface area contributed by atoms with E-state index in [9.17, 15) is 18.0 Å². The number of thioether (sulfide) groups is 1. The van der Waals surface area contributed by atoms with E-state index in [1.165, 1.54) is 0 Å². The number of hydrogen-bond acceptors (Lipinski definition) is 5. The van der Waals surface area contributed by atoms with Crippen molar-refractivity contribution in [2.45, 2.75) is 24.2 Å². The number of carbonyl (C=O) groups excluding carboxylic acids is 1. The van der Waals surface area contributed by atoms with Crippen molar-refractivity contribution in [1.29, 1.82) is 0 Å². The average Bonchev–Trinajstić information content (AvgIpc) is 2.94. The molecule has 0 bridgehead atoms. The lowest BCUT2D eigenvalue weighted by Crippen LogP contribution is -2.29. The molecule has 2 heterocycles. The van der Waals surface area contributed by atoms with Crippen LogP contribution in [-0.2, 0) is 11.0 Å². The van der Waals surface area contributed by atoms with E-state index in [2.05, 4.69) is 10.2 Å². The second kappa shape index (κ2) is 5.27. The molecule has 2 N–H and O–H groups in total. The fourth-order valence-electron chi connectivity index (χ4n) is 1.75. The van der Waals surface area contributed by atoms with E-state index in [4.69, 9.17) is 5.84 Å². The van der Waals surface area contributed by atoms with Crippen molar-refractivity contribution >= 4 is 17.7 Å². The van der Waals surface area contributed by atoms with Crippen LogP contribution >= 0.6 is 11.8 Å². The number of carbonyl (C=O) groups is 1. The number of nitrogens with two attached hydrogens (primary N) is 1. The van der Waals surface area contributed by atoms with E-state index in [-0.39, 0.29) is 16.8 Å². The minimum atomic E-state index is -4.65. The Balaban J connectivity index is 1.96. The molecule has 0 aromatic carbocycles. The lowest BCUT2D eigenvalue weighted by molar-refractivity contribution is -0.146. The zero-order valence-electron chi connectivity index (χ0n) is 9.85. The van der Waals surface area contributed by atoms with Gasteiger partial charge in [-0.3, -0.25) is 4.79 Å². The van der Waals surface area contributed by atoms with Crippen molar-refractivity contribution in [3.63, 3.8) is 0 Å². The second-order valence-corrected chi connectivity index (χ2v) is 4.99. The molecule has 19 heavy (non-hydrogen) atoms. The third-order valence-electron chi connectivity index (χ3n) is 2.70. The first-order valence-electron chi connectivity index (χ1n) is 5.58. The van der Waals surface area contributed by atoms with Crippen molar-refractivity contribution in [3.8, 4) is 0 Å². The van der Waals surface area contributed by atoms with E-state index in [1.807, 2.05) is 0 Å². The summed E-state index contributed by atoms with van der Waals surface area (Å²) in [6.07, 6.45) is -2.73. The van der Waals surface area contributed by atoms with Gasteiger partial charge >= 0.3 is 6.18 Å². The van der Waals surface area contributed by atoms with Gasteiger partial charge in [-0.05, 0) is 12.8 Å². The maximum absolute atomic E-state index is 12.4. The van der Waals surface area contributed by atoms with Gasteiger partial charge in [-0.1, -0.05) is 11.8 Å². The molecule has 0 spiro atoms. The smallest absolute Gasteiger partial charge is 0.342 e. The number of rotatable bonds is 3. The Morgan fingerprint density at radius 3 is 2.47 bits per heavy atom. The Bertz CT molecular complexity index is 469. The van der Waals surface area contributed by atoms with Crippen LogP contribution in [0.1, 0.15) is 18.7 Å². The summed E-state index contributed by atoms with van der Waals surface area (Å²) in [5.74, 6) is 3.86.